The second kappa shape index (κ2) is 8.97. The molecule has 1 aliphatic carbocycles. The van der Waals surface area contributed by atoms with Crippen LogP contribution in [0.3, 0.4) is 0 Å². The molecular weight excluding hydrogens is 404 g/mol. The van der Waals surface area contributed by atoms with Crippen molar-refractivity contribution >= 4 is 34.1 Å². The van der Waals surface area contributed by atoms with Crippen molar-refractivity contribution in [3.63, 3.8) is 0 Å². The number of rotatable bonds is 6. The molecule has 30 heavy (non-hydrogen) atoms. The van der Waals surface area contributed by atoms with Crippen LogP contribution < -0.4 is 15.4 Å². The average Bonchev–Trinajstić information content (AvgIpc) is 3.43. The molecule has 1 fully saturated rings. The molecule has 1 unspecified atom stereocenters. The number of fused-ring (bicyclic) bond motifs is 1. The number of ether oxygens (including phenoxy) is 2. The first-order chi connectivity index (χ1) is 14.5. The molecule has 0 saturated carbocycles. The fourth-order valence-corrected chi connectivity index (χ4v) is 5.18. The number of para-hydroxylation sites is 1. The van der Waals surface area contributed by atoms with Gasteiger partial charge >= 0.3 is 5.97 Å². The Morgan fingerprint density at radius 1 is 1.17 bits per heavy atom. The van der Waals surface area contributed by atoms with E-state index in [0.717, 1.165) is 49.2 Å². The summed E-state index contributed by atoms with van der Waals surface area (Å²) < 4.78 is 10.7. The molecule has 2 aliphatic rings. The second-order valence-electron chi connectivity index (χ2n) is 7.45. The van der Waals surface area contributed by atoms with Crippen molar-refractivity contribution < 1.29 is 23.9 Å². The number of aryl methyl sites for hydroxylation is 1. The van der Waals surface area contributed by atoms with Gasteiger partial charge in [-0.25, -0.2) is 0 Å². The maximum atomic E-state index is 13.0. The Hall–Kier alpha value is -2.71. The predicted octanol–water partition coefficient (Wildman–Crippen LogP) is 3.32. The van der Waals surface area contributed by atoms with E-state index in [4.69, 9.17) is 9.47 Å². The number of hydrogen-bond donors (Lipinski definition) is 2. The van der Waals surface area contributed by atoms with Crippen molar-refractivity contribution in [2.24, 2.45) is 0 Å². The maximum Gasteiger partial charge on any atom is 0.308 e. The van der Waals surface area contributed by atoms with Gasteiger partial charge in [-0.3, -0.25) is 14.4 Å². The Morgan fingerprint density at radius 3 is 2.77 bits per heavy atom. The Balaban J connectivity index is 1.55. The molecule has 2 amide bonds. The minimum absolute atomic E-state index is 0.0503. The van der Waals surface area contributed by atoms with Crippen molar-refractivity contribution in [2.45, 2.75) is 45.1 Å². The highest BCUT2D eigenvalue weighted by Gasteiger charge is 2.29. The standard InChI is InChI=1S/C22H24N2O5S/c1-13(25)29-17-9-3-2-7-15(17)20(26)24-22-19(16-8-4-10-18(16)30-22)21(27)23-12-14-6-5-11-28-14/h2-3,7,9,14H,4-6,8,10-12H2,1H3,(H,23,27)(H,24,26). The van der Waals surface area contributed by atoms with Crippen LogP contribution in [0.4, 0.5) is 5.00 Å². The topological polar surface area (TPSA) is 93.7 Å². The van der Waals surface area contributed by atoms with Gasteiger partial charge in [0.15, 0.2) is 0 Å². The molecule has 1 aromatic carbocycles. The lowest BCUT2D eigenvalue weighted by Gasteiger charge is -2.13. The Kier molecular flexibility index (Phi) is 6.15. The number of amides is 2. The van der Waals surface area contributed by atoms with Crippen molar-refractivity contribution in [2.75, 3.05) is 18.5 Å². The van der Waals surface area contributed by atoms with E-state index in [-0.39, 0.29) is 23.3 Å². The molecule has 2 N–H and O–H groups in total. The summed E-state index contributed by atoms with van der Waals surface area (Å²) in [6.07, 6.45) is 4.75. The molecule has 1 saturated heterocycles. The zero-order chi connectivity index (χ0) is 21.1. The third-order valence-electron chi connectivity index (χ3n) is 5.28. The minimum atomic E-state index is -0.500. The van der Waals surface area contributed by atoms with E-state index in [1.54, 1.807) is 24.3 Å². The molecule has 4 rings (SSSR count). The summed E-state index contributed by atoms with van der Waals surface area (Å²) in [5.74, 6) is -0.913. The third-order valence-corrected chi connectivity index (χ3v) is 6.48. The number of esters is 1. The van der Waals surface area contributed by atoms with Gasteiger partial charge in [0.1, 0.15) is 10.8 Å². The van der Waals surface area contributed by atoms with Crippen molar-refractivity contribution in [3.05, 3.63) is 45.8 Å². The van der Waals surface area contributed by atoms with Crippen LogP contribution in [-0.2, 0) is 22.4 Å². The number of benzene rings is 1. The number of nitrogens with one attached hydrogen (secondary N) is 2. The van der Waals surface area contributed by atoms with E-state index in [0.29, 0.717) is 17.1 Å². The summed E-state index contributed by atoms with van der Waals surface area (Å²) >= 11 is 1.45. The zero-order valence-corrected chi connectivity index (χ0v) is 17.6. The summed E-state index contributed by atoms with van der Waals surface area (Å²) in [4.78, 5) is 38.4. The van der Waals surface area contributed by atoms with Crippen LogP contribution >= 0.6 is 11.3 Å². The molecule has 0 spiro atoms. The van der Waals surface area contributed by atoms with E-state index in [1.165, 1.54) is 18.3 Å². The van der Waals surface area contributed by atoms with Crippen LogP contribution in [-0.4, -0.2) is 37.0 Å². The SMILES string of the molecule is CC(=O)Oc1ccccc1C(=O)Nc1sc2c(c1C(=O)NCC1CCCO1)CCC2. The molecule has 8 heteroatoms. The van der Waals surface area contributed by atoms with Crippen LogP contribution in [0.2, 0.25) is 0 Å². The lowest BCUT2D eigenvalue weighted by atomic mass is 10.1. The highest BCUT2D eigenvalue weighted by atomic mass is 32.1. The van der Waals surface area contributed by atoms with Gasteiger partial charge < -0.3 is 20.1 Å². The number of anilines is 1. The van der Waals surface area contributed by atoms with Gasteiger partial charge in [0.05, 0.1) is 17.2 Å². The maximum absolute atomic E-state index is 13.0. The molecule has 158 valence electrons. The number of carbonyl (C=O) groups is 3. The van der Waals surface area contributed by atoms with Gasteiger partial charge in [0, 0.05) is 25.0 Å². The normalized spacial score (nSPS) is 17.4. The van der Waals surface area contributed by atoms with Crippen molar-refractivity contribution in [1.82, 2.24) is 5.32 Å². The van der Waals surface area contributed by atoms with Crippen LogP contribution in [0.1, 0.15) is 57.3 Å². The number of carbonyl (C=O) groups excluding carboxylic acids is 3. The predicted molar refractivity (Wildman–Crippen MR) is 113 cm³/mol. The van der Waals surface area contributed by atoms with Crippen LogP contribution in [0.25, 0.3) is 0 Å². The molecule has 2 aromatic rings. The van der Waals surface area contributed by atoms with Gasteiger partial charge in [0.2, 0.25) is 0 Å². The molecule has 7 nitrogen and oxygen atoms in total. The van der Waals surface area contributed by atoms with Crippen molar-refractivity contribution in [3.8, 4) is 5.75 Å². The van der Waals surface area contributed by atoms with Crippen LogP contribution in [0.15, 0.2) is 24.3 Å². The Labute approximate surface area is 178 Å². The van der Waals surface area contributed by atoms with Crippen molar-refractivity contribution in [1.29, 1.82) is 0 Å². The fourth-order valence-electron chi connectivity index (χ4n) is 3.90. The average molecular weight is 429 g/mol. The molecule has 1 atom stereocenters. The van der Waals surface area contributed by atoms with E-state index in [9.17, 15) is 14.4 Å². The minimum Gasteiger partial charge on any atom is -0.426 e. The highest BCUT2D eigenvalue weighted by Crippen LogP contribution is 2.39. The Morgan fingerprint density at radius 2 is 2.00 bits per heavy atom. The molecule has 2 heterocycles. The third kappa shape index (κ3) is 4.39. The summed E-state index contributed by atoms with van der Waals surface area (Å²) in [5, 5.41) is 6.38. The molecule has 1 aromatic heterocycles. The lowest BCUT2D eigenvalue weighted by Crippen LogP contribution is -2.32. The molecular formula is C22H24N2O5S. The quantitative estimate of drug-likeness (QED) is 0.544. The van der Waals surface area contributed by atoms with E-state index < -0.39 is 11.9 Å². The molecule has 0 bridgehead atoms. The Bertz CT molecular complexity index is 978. The first-order valence-corrected chi connectivity index (χ1v) is 11.0. The summed E-state index contributed by atoms with van der Waals surface area (Å²) in [5.41, 5.74) is 1.81. The largest absolute Gasteiger partial charge is 0.426 e. The number of thiophene rings is 1. The second-order valence-corrected chi connectivity index (χ2v) is 8.56. The molecule has 1 aliphatic heterocycles. The van der Waals surface area contributed by atoms with E-state index in [2.05, 4.69) is 10.6 Å². The monoisotopic (exact) mass is 428 g/mol. The van der Waals surface area contributed by atoms with Crippen LogP contribution in [0.5, 0.6) is 5.75 Å². The highest BCUT2D eigenvalue weighted by molar-refractivity contribution is 7.17. The van der Waals surface area contributed by atoms with E-state index >= 15 is 0 Å². The summed E-state index contributed by atoms with van der Waals surface area (Å²) in [6, 6.07) is 6.55. The first-order valence-electron chi connectivity index (χ1n) is 10.2. The smallest absolute Gasteiger partial charge is 0.308 e. The summed E-state index contributed by atoms with van der Waals surface area (Å²) in [7, 11) is 0. The zero-order valence-electron chi connectivity index (χ0n) is 16.8. The van der Waals surface area contributed by atoms with Crippen LogP contribution in [0, 0.1) is 0 Å². The van der Waals surface area contributed by atoms with Gasteiger partial charge in [-0.15, -0.1) is 11.3 Å². The van der Waals surface area contributed by atoms with Gasteiger partial charge in [-0.05, 0) is 49.8 Å². The first kappa shape index (κ1) is 20.6. The number of hydrogen-bond acceptors (Lipinski definition) is 6. The fraction of sp³-hybridized carbons (Fsp3) is 0.409. The van der Waals surface area contributed by atoms with Gasteiger partial charge in [0.25, 0.3) is 11.8 Å². The summed E-state index contributed by atoms with van der Waals surface area (Å²) in [6.45, 7) is 2.48. The lowest BCUT2D eigenvalue weighted by molar-refractivity contribution is -0.131. The van der Waals surface area contributed by atoms with Gasteiger partial charge in [-0.1, -0.05) is 12.1 Å². The molecule has 0 radical (unpaired) electrons. The van der Waals surface area contributed by atoms with Gasteiger partial charge in [-0.2, -0.15) is 0 Å². The van der Waals surface area contributed by atoms with E-state index in [1.807, 2.05) is 0 Å².